The van der Waals surface area contributed by atoms with E-state index >= 15 is 0 Å². The second-order valence-electron chi connectivity index (χ2n) is 3.96. The molecule has 2 aromatic rings. The van der Waals surface area contributed by atoms with Crippen LogP contribution in [0, 0.1) is 5.82 Å². The molecule has 0 radical (unpaired) electrons. The zero-order valence-electron chi connectivity index (χ0n) is 9.07. The maximum Gasteiger partial charge on any atom is 0.123 e. The number of nitrogens with zero attached hydrogens (tertiary/aromatic N) is 1. The average Bonchev–Trinajstić information content (AvgIpc) is 2.66. The molecule has 1 heterocycles. The fourth-order valence-electron chi connectivity index (χ4n) is 1.68. The van der Waals surface area contributed by atoms with E-state index in [-0.39, 0.29) is 11.9 Å². The first kappa shape index (κ1) is 10.8. The lowest BCUT2D eigenvalue weighted by molar-refractivity contribution is 0.628. The van der Waals surface area contributed by atoms with Crippen LogP contribution in [-0.4, -0.2) is 16.2 Å². The molecular formula is C12H14FN3. The molecule has 1 aromatic heterocycles. The minimum absolute atomic E-state index is 0.0804. The molecule has 1 atom stereocenters. The second kappa shape index (κ2) is 4.45. The molecule has 0 saturated carbocycles. The summed E-state index contributed by atoms with van der Waals surface area (Å²) < 4.78 is 12.8. The van der Waals surface area contributed by atoms with E-state index in [0.717, 1.165) is 23.2 Å². The van der Waals surface area contributed by atoms with Crippen LogP contribution in [-0.2, 0) is 6.42 Å². The van der Waals surface area contributed by atoms with Gasteiger partial charge in [-0.15, -0.1) is 0 Å². The fraction of sp³-hybridized carbons (Fsp3) is 0.250. The van der Waals surface area contributed by atoms with E-state index in [2.05, 4.69) is 10.2 Å². The highest BCUT2D eigenvalue weighted by Crippen LogP contribution is 2.22. The van der Waals surface area contributed by atoms with Gasteiger partial charge in [0.25, 0.3) is 0 Å². The van der Waals surface area contributed by atoms with E-state index in [9.17, 15) is 4.39 Å². The van der Waals surface area contributed by atoms with Crippen molar-refractivity contribution in [3.8, 4) is 11.3 Å². The van der Waals surface area contributed by atoms with E-state index in [4.69, 9.17) is 5.73 Å². The van der Waals surface area contributed by atoms with Crippen LogP contribution in [0.3, 0.4) is 0 Å². The predicted octanol–water partition coefficient (Wildman–Crippen LogP) is 2.11. The molecule has 0 saturated heterocycles. The standard InChI is InChI=1S/C12H14FN3/c1-8(14)6-10-7-15-16-12(10)9-2-4-11(13)5-3-9/h2-5,7-8H,6,14H2,1H3,(H,15,16). The lowest BCUT2D eigenvalue weighted by Crippen LogP contribution is -2.17. The van der Waals surface area contributed by atoms with Gasteiger partial charge in [0.05, 0.1) is 11.9 Å². The summed E-state index contributed by atoms with van der Waals surface area (Å²) in [5, 5.41) is 6.92. The maximum atomic E-state index is 12.8. The summed E-state index contributed by atoms with van der Waals surface area (Å²) in [7, 11) is 0. The van der Waals surface area contributed by atoms with Crippen LogP contribution in [0.1, 0.15) is 12.5 Å². The molecule has 0 fully saturated rings. The van der Waals surface area contributed by atoms with Crippen molar-refractivity contribution in [2.75, 3.05) is 0 Å². The Morgan fingerprint density at radius 3 is 2.69 bits per heavy atom. The third kappa shape index (κ3) is 2.28. The Morgan fingerprint density at radius 2 is 2.06 bits per heavy atom. The van der Waals surface area contributed by atoms with Crippen LogP contribution in [0.15, 0.2) is 30.5 Å². The van der Waals surface area contributed by atoms with E-state index in [0.29, 0.717) is 0 Å². The average molecular weight is 219 g/mol. The molecule has 0 spiro atoms. The number of rotatable bonds is 3. The summed E-state index contributed by atoms with van der Waals surface area (Å²) in [6.45, 7) is 1.95. The maximum absolute atomic E-state index is 12.8. The third-order valence-corrected chi connectivity index (χ3v) is 2.39. The van der Waals surface area contributed by atoms with Crippen LogP contribution in [0.25, 0.3) is 11.3 Å². The van der Waals surface area contributed by atoms with E-state index < -0.39 is 0 Å². The molecule has 0 aliphatic rings. The molecule has 3 nitrogen and oxygen atoms in total. The molecule has 3 N–H and O–H groups in total. The number of nitrogens with two attached hydrogens (primary N) is 1. The quantitative estimate of drug-likeness (QED) is 0.830. The van der Waals surface area contributed by atoms with Crippen LogP contribution in [0.2, 0.25) is 0 Å². The molecule has 1 aromatic carbocycles. The van der Waals surface area contributed by atoms with Gasteiger partial charge in [0.1, 0.15) is 5.82 Å². The first-order valence-corrected chi connectivity index (χ1v) is 5.20. The van der Waals surface area contributed by atoms with Gasteiger partial charge < -0.3 is 5.73 Å². The molecule has 0 bridgehead atoms. The third-order valence-electron chi connectivity index (χ3n) is 2.39. The topological polar surface area (TPSA) is 54.7 Å². The van der Waals surface area contributed by atoms with Crippen molar-refractivity contribution in [2.45, 2.75) is 19.4 Å². The van der Waals surface area contributed by atoms with Crippen LogP contribution in [0.5, 0.6) is 0 Å². The molecule has 0 amide bonds. The highest BCUT2D eigenvalue weighted by Gasteiger charge is 2.09. The highest BCUT2D eigenvalue weighted by molar-refractivity contribution is 5.62. The van der Waals surface area contributed by atoms with Crippen molar-refractivity contribution < 1.29 is 4.39 Å². The Hall–Kier alpha value is -1.68. The zero-order valence-corrected chi connectivity index (χ0v) is 9.07. The fourth-order valence-corrected chi connectivity index (χ4v) is 1.68. The number of H-pyrrole nitrogens is 1. The Bertz CT molecular complexity index is 459. The molecular weight excluding hydrogens is 205 g/mol. The Kier molecular flexibility index (Phi) is 3.01. The summed E-state index contributed by atoms with van der Waals surface area (Å²) in [6, 6.07) is 6.41. The number of benzene rings is 1. The number of nitrogens with one attached hydrogen (secondary N) is 1. The highest BCUT2D eigenvalue weighted by atomic mass is 19.1. The predicted molar refractivity (Wildman–Crippen MR) is 61.3 cm³/mol. The molecule has 84 valence electrons. The molecule has 0 aliphatic heterocycles. The minimum atomic E-state index is -0.239. The van der Waals surface area contributed by atoms with Gasteiger partial charge in [-0.2, -0.15) is 5.10 Å². The van der Waals surface area contributed by atoms with Gasteiger partial charge in [-0.25, -0.2) is 4.39 Å². The van der Waals surface area contributed by atoms with E-state index in [1.54, 1.807) is 18.3 Å². The Balaban J connectivity index is 2.33. The van der Waals surface area contributed by atoms with E-state index in [1.165, 1.54) is 12.1 Å². The largest absolute Gasteiger partial charge is 0.328 e. The lowest BCUT2D eigenvalue weighted by atomic mass is 10.0. The van der Waals surface area contributed by atoms with Crippen molar-refractivity contribution in [1.29, 1.82) is 0 Å². The molecule has 4 heteroatoms. The van der Waals surface area contributed by atoms with Crippen molar-refractivity contribution >= 4 is 0 Å². The van der Waals surface area contributed by atoms with Gasteiger partial charge >= 0.3 is 0 Å². The van der Waals surface area contributed by atoms with Crippen molar-refractivity contribution in [3.05, 3.63) is 41.8 Å². The monoisotopic (exact) mass is 219 g/mol. The number of halogens is 1. The van der Waals surface area contributed by atoms with E-state index in [1.807, 2.05) is 6.92 Å². The van der Waals surface area contributed by atoms with Gasteiger partial charge in [-0.3, -0.25) is 5.10 Å². The first-order chi connectivity index (χ1) is 7.66. The normalized spacial score (nSPS) is 12.7. The van der Waals surface area contributed by atoms with Crippen molar-refractivity contribution in [1.82, 2.24) is 10.2 Å². The van der Waals surface area contributed by atoms with Crippen molar-refractivity contribution in [3.63, 3.8) is 0 Å². The number of hydrogen-bond acceptors (Lipinski definition) is 2. The van der Waals surface area contributed by atoms with Gasteiger partial charge in [0, 0.05) is 11.6 Å². The molecule has 16 heavy (non-hydrogen) atoms. The second-order valence-corrected chi connectivity index (χ2v) is 3.96. The van der Waals surface area contributed by atoms with Gasteiger partial charge in [-0.1, -0.05) is 0 Å². The number of hydrogen-bond donors (Lipinski definition) is 2. The Morgan fingerprint density at radius 1 is 1.38 bits per heavy atom. The van der Waals surface area contributed by atoms with Gasteiger partial charge in [-0.05, 0) is 43.2 Å². The summed E-state index contributed by atoms with van der Waals surface area (Å²) in [6.07, 6.45) is 2.52. The molecule has 2 rings (SSSR count). The zero-order chi connectivity index (χ0) is 11.5. The van der Waals surface area contributed by atoms with Crippen molar-refractivity contribution in [2.24, 2.45) is 5.73 Å². The smallest absolute Gasteiger partial charge is 0.123 e. The molecule has 1 unspecified atom stereocenters. The first-order valence-electron chi connectivity index (χ1n) is 5.20. The van der Waals surface area contributed by atoms with Crippen LogP contribution in [0.4, 0.5) is 4.39 Å². The molecule has 0 aliphatic carbocycles. The number of aromatic amines is 1. The van der Waals surface area contributed by atoms with Gasteiger partial charge in [0.15, 0.2) is 0 Å². The summed E-state index contributed by atoms with van der Waals surface area (Å²) >= 11 is 0. The van der Waals surface area contributed by atoms with Crippen LogP contribution < -0.4 is 5.73 Å². The Labute approximate surface area is 93.5 Å². The van der Waals surface area contributed by atoms with Gasteiger partial charge in [0.2, 0.25) is 0 Å². The SMILES string of the molecule is CC(N)Cc1cn[nH]c1-c1ccc(F)cc1. The lowest BCUT2D eigenvalue weighted by Gasteiger charge is -2.05. The van der Waals surface area contributed by atoms with Crippen LogP contribution >= 0.6 is 0 Å². The summed E-state index contributed by atoms with van der Waals surface area (Å²) in [5.74, 6) is -0.239. The summed E-state index contributed by atoms with van der Waals surface area (Å²) in [5.41, 5.74) is 8.65. The minimum Gasteiger partial charge on any atom is -0.328 e. The number of aromatic nitrogens is 2. The summed E-state index contributed by atoms with van der Waals surface area (Å²) in [4.78, 5) is 0.